The highest BCUT2D eigenvalue weighted by molar-refractivity contribution is 5.97. The Kier molecular flexibility index (Phi) is 5.74. The smallest absolute Gasteiger partial charge is 0.273 e. The lowest BCUT2D eigenvalue weighted by molar-refractivity contribution is -0.126. The number of hydrogen-bond donors (Lipinski definition) is 1. The van der Waals surface area contributed by atoms with Crippen LogP contribution in [-0.2, 0) is 17.8 Å². The molecule has 0 saturated carbocycles. The highest BCUT2D eigenvalue weighted by Crippen LogP contribution is 2.26. The fourth-order valence-corrected chi connectivity index (χ4v) is 4.17. The van der Waals surface area contributed by atoms with Gasteiger partial charge in [-0.25, -0.2) is 9.97 Å². The Bertz CT molecular complexity index is 894. The van der Waals surface area contributed by atoms with E-state index in [0.717, 1.165) is 42.9 Å². The van der Waals surface area contributed by atoms with Crippen LogP contribution in [-0.4, -0.2) is 52.4 Å². The molecule has 1 aromatic heterocycles. The third-order valence-electron chi connectivity index (χ3n) is 5.71. The van der Waals surface area contributed by atoms with Gasteiger partial charge in [-0.3, -0.25) is 9.59 Å². The minimum absolute atomic E-state index is 0.124. The summed E-state index contributed by atoms with van der Waals surface area (Å²) in [6.07, 6.45) is 5.47. The van der Waals surface area contributed by atoms with E-state index in [1.54, 1.807) is 11.0 Å². The van der Waals surface area contributed by atoms with Gasteiger partial charge in [0.25, 0.3) is 5.91 Å². The van der Waals surface area contributed by atoms with E-state index in [2.05, 4.69) is 20.2 Å². The second kappa shape index (κ2) is 8.59. The van der Waals surface area contributed by atoms with Crippen LogP contribution in [0.15, 0.2) is 36.7 Å². The molecule has 0 unspecified atom stereocenters. The maximum absolute atomic E-state index is 13.4. The van der Waals surface area contributed by atoms with Crippen molar-refractivity contribution in [2.45, 2.75) is 45.2 Å². The SMILES string of the molecule is CCNC(=O)[C@H]1Cc2ccccc2CN1C(=O)c1cc(N2CCCCC2)ncn1. The van der Waals surface area contributed by atoms with Crippen molar-refractivity contribution in [2.24, 2.45) is 0 Å². The molecular formula is C22H27N5O2. The lowest BCUT2D eigenvalue weighted by Gasteiger charge is -2.36. The third kappa shape index (κ3) is 4.09. The number of likely N-dealkylation sites (N-methyl/N-ethyl adjacent to an activating group) is 1. The van der Waals surface area contributed by atoms with E-state index in [9.17, 15) is 9.59 Å². The molecule has 0 radical (unpaired) electrons. The number of fused-ring (bicyclic) bond motifs is 1. The van der Waals surface area contributed by atoms with Crippen molar-refractivity contribution in [1.82, 2.24) is 20.2 Å². The first-order valence-corrected chi connectivity index (χ1v) is 10.4. The number of hydrogen-bond acceptors (Lipinski definition) is 5. The number of piperidine rings is 1. The second-order valence-electron chi connectivity index (χ2n) is 7.63. The summed E-state index contributed by atoms with van der Waals surface area (Å²) in [5.41, 5.74) is 2.53. The van der Waals surface area contributed by atoms with E-state index in [1.807, 2.05) is 31.2 Å². The van der Waals surface area contributed by atoms with E-state index < -0.39 is 6.04 Å². The van der Waals surface area contributed by atoms with Gasteiger partial charge in [0.1, 0.15) is 23.9 Å². The van der Waals surface area contributed by atoms with Gasteiger partial charge in [-0.1, -0.05) is 24.3 Å². The number of amides is 2. The number of carbonyl (C=O) groups excluding carboxylic acids is 2. The first-order valence-electron chi connectivity index (χ1n) is 10.4. The van der Waals surface area contributed by atoms with Gasteiger partial charge in [0.2, 0.25) is 5.91 Å². The second-order valence-corrected chi connectivity index (χ2v) is 7.63. The summed E-state index contributed by atoms with van der Waals surface area (Å²) in [5, 5.41) is 2.87. The van der Waals surface area contributed by atoms with Crippen LogP contribution < -0.4 is 10.2 Å². The van der Waals surface area contributed by atoms with Crippen molar-refractivity contribution >= 4 is 17.6 Å². The number of anilines is 1. The molecule has 1 saturated heterocycles. The predicted octanol–water partition coefficient (Wildman–Crippen LogP) is 2.17. The zero-order valence-electron chi connectivity index (χ0n) is 16.8. The van der Waals surface area contributed by atoms with Gasteiger partial charge >= 0.3 is 0 Å². The summed E-state index contributed by atoms with van der Waals surface area (Å²) in [5.74, 6) is 0.437. The van der Waals surface area contributed by atoms with E-state index in [4.69, 9.17) is 0 Å². The molecule has 0 aliphatic carbocycles. The lowest BCUT2D eigenvalue weighted by atomic mass is 9.93. The van der Waals surface area contributed by atoms with Crippen LogP contribution in [0.4, 0.5) is 5.82 Å². The Labute approximate surface area is 171 Å². The first kappa shape index (κ1) is 19.4. The van der Waals surface area contributed by atoms with Crippen molar-refractivity contribution in [2.75, 3.05) is 24.5 Å². The van der Waals surface area contributed by atoms with Crippen molar-refractivity contribution < 1.29 is 9.59 Å². The molecule has 0 spiro atoms. The predicted molar refractivity (Wildman–Crippen MR) is 111 cm³/mol. The fraction of sp³-hybridized carbons (Fsp3) is 0.455. The Hall–Kier alpha value is -2.96. The summed E-state index contributed by atoms with van der Waals surface area (Å²) in [4.78, 5) is 38.6. The molecule has 2 aliphatic rings. The van der Waals surface area contributed by atoms with Crippen LogP contribution in [0, 0.1) is 0 Å². The normalized spacial score (nSPS) is 18.9. The highest BCUT2D eigenvalue weighted by atomic mass is 16.2. The summed E-state index contributed by atoms with van der Waals surface area (Å²) >= 11 is 0. The number of aromatic nitrogens is 2. The van der Waals surface area contributed by atoms with Crippen LogP contribution in [0.1, 0.15) is 47.8 Å². The van der Waals surface area contributed by atoms with E-state index in [0.29, 0.717) is 25.2 Å². The van der Waals surface area contributed by atoms with Crippen molar-refractivity contribution in [3.8, 4) is 0 Å². The molecule has 7 nitrogen and oxygen atoms in total. The molecule has 2 amide bonds. The lowest BCUT2D eigenvalue weighted by Crippen LogP contribution is -2.52. The van der Waals surface area contributed by atoms with E-state index in [1.165, 1.54) is 12.7 Å². The average molecular weight is 393 g/mol. The number of rotatable bonds is 4. The monoisotopic (exact) mass is 393 g/mol. The molecule has 2 aromatic rings. The number of carbonyl (C=O) groups is 2. The molecule has 1 N–H and O–H groups in total. The Morgan fingerprint density at radius 1 is 1.10 bits per heavy atom. The fourth-order valence-electron chi connectivity index (χ4n) is 4.17. The standard InChI is InChI=1S/C22H27N5O2/c1-2-23-21(28)19-12-16-8-4-5-9-17(16)14-27(19)22(29)18-13-20(25-15-24-18)26-10-6-3-7-11-26/h4-5,8-9,13,15,19H,2-3,6-7,10-12,14H2,1H3,(H,23,28)/t19-/m1/s1. The average Bonchev–Trinajstić information content (AvgIpc) is 2.78. The molecule has 2 aliphatic heterocycles. The molecule has 3 heterocycles. The van der Waals surface area contributed by atoms with Gasteiger partial charge in [-0.2, -0.15) is 0 Å². The number of benzene rings is 1. The summed E-state index contributed by atoms with van der Waals surface area (Å²) in [7, 11) is 0. The third-order valence-corrected chi connectivity index (χ3v) is 5.71. The molecule has 4 rings (SSSR count). The van der Waals surface area contributed by atoms with E-state index >= 15 is 0 Å². The molecule has 1 aromatic carbocycles. The molecule has 152 valence electrons. The Morgan fingerprint density at radius 3 is 2.62 bits per heavy atom. The minimum atomic E-state index is -0.536. The summed E-state index contributed by atoms with van der Waals surface area (Å²) < 4.78 is 0. The Morgan fingerprint density at radius 2 is 1.86 bits per heavy atom. The van der Waals surface area contributed by atoms with E-state index in [-0.39, 0.29) is 11.8 Å². The molecule has 0 bridgehead atoms. The van der Waals surface area contributed by atoms with Crippen molar-refractivity contribution in [3.05, 3.63) is 53.5 Å². The van der Waals surface area contributed by atoms with Gasteiger partial charge in [-0.15, -0.1) is 0 Å². The molecule has 7 heteroatoms. The Balaban J connectivity index is 1.62. The van der Waals surface area contributed by atoms with Crippen LogP contribution in [0.5, 0.6) is 0 Å². The topological polar surface area (TPSA) is 78.4 Å². The van der Waals surface area contributed by atoms with Gasteiger partial charge in [0.05, 0.1) is 0 Å². The maximum atomic E-state index is 13.4. The molecule has 29 heavy (non-hydrogen) atoms. The molecule has 1 atom stereocenters. The van der Waals surface area contributed by atoms with Crippen LogP contribution in [0.2, 0.25) is 0 Å². The van der Waals surface area contributed by atoms with Crippen LogP contribution >= 0.6 is 0 Å². The van der Waals surface area contributed by atoms with Crippen LogP contribution in [0.3, 0.4) is 0 Å². The quantitative estimate of drug-likeness (QED) is 0.861. The first-order chi connectivity index (χ1) is 14.2. The number of nitrogens with one attached hydrogen (secondary N) is 1. The maximum Gasteiger partial charge on any atom is 0.273 e. The zero-order valence-corrected chi connectivity index (χ0v) is 16.8. The van der Waals surface area contributed by atoms with Gasteiger partial charge < -0.3 is 15.1 Å². The van der Waals surface area contributed by atoms with Crippen molar-refractivity contribution in [3.63, 3.8) is 0 Å². The molecule has 1 fully saturated rings. The summed E-state index contributed by atoms with van der Waals surface area (Å²) in [6, 6.07) is 9.22. The van der Waals surface area contributed by atoms with Gasteiger partial charge in [-0.05, 0) is 37.3 Å². The minimum Gasteiger partial charge on any atom is -0.357 e. The van der Waals surface area contributed by atoms with Crippen molar-refractivity contribution in [1.29, 1.82) is 0 Å². The largest absolute Gasteiger partial charge is 0.357 e. The molecular weight excluding hydrogens is 366 g/mol. The number of nitrogens with zero attached hydrogens (tertiary/aromatic N) is 4. The summed E-state index contributed by atoms with van der Waals surface area (Å²) in [6.45, 7) is 4.72. The van der Waals surface area contributed by atoms with Gasteiger partial charge in [0.15, 0.2) is 0 Å². The highest BCUT2D eigenvalue weighted by Gasteiger charge is 2.35. The zero-order chi connectivity index (χ0) is 20.2. The van der Waals surface area contributed by atoms with Gasteiger partial charge in [0, 0.05) is 38.7 Å². The van der Waals surface area contributed by atoms with Crippen LogP contribution in [0.25, 0.3) is 0 Å².